The Labute approximate surface area is 243 Å². The molecule has 0 radical (unpaired) electrons. The van der Waals surface area contributed by atoms with E-state index >= 15 is 4.39 Å². The number of aliphatic hydroxyl groups excluding tert-OH is 2. The molecule has 7 heterocycles. The third kappa shape index (κ3) is 4.51. The number of nitrogens with one attached hydrogen (secondary N) is 1. The van der Waals surface area contributed by atoms with E-state index in [9.17, 15) is 19.9 Å². The topological polar surface area (TPSA) is 266 Å². The molecular formula is C21H24FN10O9PS. The number of fused-ring (bicyclic) bond motifs is 4. The van der Waals surface area contributed by atoms with E-state index in [1.54, 1.807) is 0 Å². The Hall–Kier alpha value is -3.24. The van der Waals surface area contributed by atoms with Crippen molar-refractivity contribution in [1.82, 2.24) is 39.0 Å². The van der Waals surface area contributed by atoms with Gasteiger partial charge in [0.05, 0.1) is 32.5 Å². The number of ether oxygens (including phenoxy) is 3. The standard InChI is InChI=1S/C21H24FN10O9PS/c22-8-7(1-33)39-18(32-6-28-10-16(32)29-20(24)30-17(10)35)11(8)41-42(36,43)38-3-21-2-37-12(13(21)34)19(40-21)31-5-27-9-14(23)25-4-26-15(9)31/h4-8,11-13,18-19,33-34H,1-3H2,(H,36,43)(H2,23,25,26)(H3,24,29,30,35)/t7-,8+,11-,12-,13+,18-,19-,21-,42?/m1/s1. The first-order valence-corrected chi connectivity index (χ1v) is 15.3. The summed E-state index contributed by atoms with van der Waals surface area (Å²) in [5.74, 6) is -0.0757. The smallest absolute Gasteiger partial charge is 0.325 e. The molecule has 0 aromatic carbocycles. The van der Waals surface area contributed by atoms with E-state index in [-0.39, 0.29) is 29.5 Å². The maximum Gasteiger partial charge on any atom is 0.325 e. The molecule has 9 atom stereocenters. The van der Waals surface area contributed by atoms with Gasteiger partial charge in [-0.1, -0.05) is 0 Å². The third-order valence-electron chi connectivity index (χ3n) is 7.56. The fraction of sp³-hybridized carbons (Fsp3) is 0.524. The molecule has 43 heavy (non-hydrogen) atoms. The Kier molecular flexibility index (Phi) is 6.74. The fourth-order valence-corrected chi connectivity index (χ4v) is 6.90. The van der Waals surface area contributed by atoms with Crippen molar-refractivity contribution < 1.29 is 42.8 Å². The summed E-state index contributed by atoms with van der Waals surface area (Å²) in [6.45, 7) is -5.65. The molecular weight excluding hydrogens is 618 g/mol. The molecule has 2 bridgehead atoms. The first-order valence-electron chi connectivity index (χ1n) is 12.7. The average Bonchev–Trinajstić information content (AvgIpc) is 3.77. The number of hydrogen-bond acceptors (Lipinski definition) is 16. The average molecular weight is 643 g/mol. The summed E-state index contributed by atoms with van der Waals surface area (Å²) in [4.78, 5) is 45.8. The number of anilines is 2. The molecule has 4 aromatic rings. The molecule has 3 aliphatic heterocycles. The minimum absolute atomic E-state index is 0.0570. The highest BCUT2D eigenvalue weighted by molar-refractivity contribution is 8.07. The van der Waals surface area contributed by atoms with Crippen LogP contribution in [0.4, 0.5) is 16.2 Å². The van der Waals surface area contributed by atoms with Gasteiger partial charge in [0, 0.05) is 0 Å². The Morgan fingerprint density at radius 3 is 2.70 bits per heavy atom. The highest BCUT2D eigenvalue weighted by atomic mass is 32.5. The first kappa shape index (κ1) is 28.5. The second-order valence-corrected chi connectivity index (χ2v) is 12.9. The lowest BCUT2D eigenvalue weighted by Crippen LogP contribution is -2.45. The Morgan fingerprint density at radius 2 is 1.93 bits per heavy atom. The molecule has 0 aliphatic carbocycles. The molecule has 19 nitrogen and oxygen atoms in total. The van der Waals surface area contributed by atoms with Crippen LogP contribution in [0.1, 0.15) is 12.5 Å². The number of aliphatic hydroxyl groups is 2. The number of nitrogen functional groups attached to an aromatic ring is 2. The Bertz CT molecular complexity index is 1820. The van der Waals surface area contributed by atoms with Crippen molar-refractivity contribution >= 4 is 52.6 Å². The zero-order valence-electron chi connectivity index (χ0n) is 21.7. The van der Waals surface area contributed by atoms with E-state index in [1.807, 2.05) is 0 Å². The van der Waals surface area contributed by atoms with Crippen LogP contribution in [-0.2, 0) is 35.1 Å². The zero-order valence-corrected chi connectivity index (χ0v) is 23.4. The highest BCUT2D eigenvalue weighted by Gasteiger charge is 2.63. The molecule has 22 heteroatoms. The van der Waals surface area contributed by atoms with Crippen molar-refractivity contribution in [2.75, 3.05) is 31.3 Å². The van der Waals surface area contributed by atoms with Gasteiger partial charge in [-0.2, -0.15) is 4.98 Å². The number of aromatic nitrogens is 8. The van der Waals surface area contributed by atoms with Crippen LogP contribution in [0.15, 0.2) is 23.8 Å². The number of alkyl halides is 1. The molecule has 3 fully saturated rings. The summed E-state index contributed by atoms with van der Waals surface area (Å²) in [6.07, 6.45) is -5.56. The lowest BCUT2D eigenvalue weighted by atomic mass is 10.0. The van der Waals surface area contributed by atoms with Gasteiger partial charge in [-0.15, -0.1) is 0 Å². The van der Waals surface area contributed by atoms with Crippen LogP contribution in [0, 0.1) is 0 Å². The summed E-state index contributed by atoms with van der Waals surface area (Å²) in [5, 5.41) is 20.7. The maximum absolute atomic E-state index is 15.4. The van der Waals surface area contributed by atoms with Crippen molar-refractivity contribution in [2.24, 2.45) is 0 Å². The van der Waals surface area contributed by atoms with E-state index in [0.29, 0.717) is 11.2 Å². The molecule has 0 spiro atoms. The van der Waals surface area contributed by atoms with Crippen molar-refractivity contribution in [2.45, 2.75) is 48.6 Å². The van der Waals surface area contributed by atoms with Crippen LogP contribution < -0.4 is 17.0 Å². The van der Waals surface area contributed by atoms with Crippen LogP contribution >= 0.6 is 6.72 Å². The Balaban J connectivity index is 1.11. The van der Waals surface area contributed by atoms with Crippen LogP contribution in [0.25, 0.3) is 22.3 Å². The normalized spacial score (nSPS) is 33.5. The molecule has 0 amide bonds. The molecule has 1 unspecified atom stereocenters. The summed E-state index contributed by atoms with van der Waals surface area (Å²) in [5.41, 5.74) is 9.90. The van der Waals surface area contributed by atoms with Gasteiger partial charge in [0.25, 0.3) is 5.56 Å². The highest BCUT2D eigenvalue weighted by Crippen LogP contribution is 2.53. The van der Waals surface area contributed by atoms with E-state index < -0.39 is 74.1 Å². The Morgan fingerprint density at radius 1 is 1.19 bits per heavy atom. The molecule has 7 rings (SSSR count). The van der Waals surface area contributed by atoms with Crippen LogP contribution in [0.2, 0.25) is 0 Å². The number of rotatable bonds is 8. The van der Waals surface area contributed by atoms with Crippen LogP contribution in [-0.4, -0.2) is 110 Å². The molecule has 4 aromatic heterocycles. The van der Waals surface area contributed by atoms with Gasteiger partial charge in [-0.25, -0.2) is 24.3 Å². The fourth-order valence-electron chi connectivity index (χ4n) is 5.48. The molecule has 3 saturated heterocycles. The van der Waals surface area contributed by atoms with Crippen molar-refractivity contribution in [1.29, 1.82) is 0 Å². The van der Waals surface area contributed by atoms with Crippen LogP contribution in [0.3, 0.4) is 0 Å². The van der Waals surface area contributed by atoms with Gasteiger partial charge < -0.3 is 45.3 Å². The number of halogens is 1. The first-order chi connectivity index (χ1) is 20.5. The van der Waals surface area contributed by atoms with Gasteiger partial charge >= 0.3 is 6.72 Å². The van der Waals surface area contributed by atoms with E-state index in [0.717, 1.165) is 6.33 Å². The number of H-pyrrole nitrogens is 1. The molecule has 3 aliphatic rings. The monoisotopic (exact) mass is 642 g/mol. The zero-order chi connectivity index (χ0) is 30.3. The quantitative estimate of drug-likeness (QED) is 0.113. The summed E-state index contributed by atoms with van der Waals surface area (Å²) < 4.78 is 46.8. The lowest BCUT2D eigenvalue weighted by Gasteiger charge is -2.32. The predicted octanol–water partition coefficient (Wildman–Crippen LogP) is -2.00. The molecule has 230 valence electrons. The lowest BCUT2D eigenvalue weighted by molar-refractivity contribution is -0.183. The number of nitrogens with zero attached hydrogens (tertiary/aromatic N) is 7. The molecule has 8 N–H and O–H groups in total. The number of nitrogens with two attached hydrogens (primary N) is 2. The van der Waals surface area contributed by atoms with Gasteiger partial charge in [-0.05, 0) is 11.8 Å². The van der Waals surface area contributed by atoms with Crippen molar-refractivity contribution in [3.05, 3.63) is 29.3 Å². The number of imidazole rings is 2. The van der Waals surface area contributed by atoms with Gasteiger partial charge in [-0.3, -0.25) is 23.4 Å². The second kappa shape index (κ2) is 10.2. The van der Waals surface area contributed by atoms with Crippen molar-refractivity contribution in [3.63, 3.8) is 0 Å². The molecule has 0 saturated carbocycles. The summed E-state index contributed by atoms with van der Waals surface area (Å²) >= 11 is 5.20. The summed E-state index contributed by atoms with van der Waals surface area (Å²) in [6, 6.07) is 0. The number of hydrogen-bond donors (Lipinski definition) is 6. The minimum atomic E-state index is -4.29. The maximum atomic E-state index is 15.4. The third-order valence-corrected chi connectivity index (χ3v) is 9.10. The second-order valence-electron chi connectivity index (χ2n) is 10.2. The number of aromatic amines is 1. The van der Waals surface area contributed by atoms with E-state index in [4.69, 9.17) is 46.5 Å². The minimum Gasteiger partial charge on any atom is -0.394 e. The van der Waals surface area contributed by atoms with Gasteiger partial charge in [0.15, 0.2) is 41.3 Å². The van der Waals surface area contributed by atoms with Crippen molar-refractivity contribution in [3.8, 4) is 0 Å². The SMILES string of the molecule is Nc1nc2c(ncn2[C@@H]2O[C@H](CO)[C@H](F)[C@H]2OP(O)(=S)OC[C@@]23CO[C@@H]([C@H](n4cnc5c(N)ncnc54)O2)[C@@H]3O)c(=O)[nH]1. The van der Waals surface area contributed by atoms with E-state index in [2.05, 4.69) is 29.9 Å². The van der Waals surface area contributed by atoms with Gasteiger partial charge in [0.1, 0.15) is 41.9 Å². The largest absolute Gasteiger partial charge is 0.394 e. The predicted molar refractivity (Wildman–Crippen MR) is 144 cm³/mol. The summed E-state index contributed by atoms with van der Waals surface area (Å²) in [7, 11) is 0. The van der Waals surface area contributed by atoms with E-state index in [1.165, 1.54) is 21.8 Å². The van der Waals surface area contributed by atoms with Crippen LogP contribution in [0.5, 0.6) is 0 Å². The van der Waals surface area contributed by atoms with Gasteiger partial charge in [0.2, 0.25) is 5.95 Å².